The summed E-state index contributed by atoms with van der Waals surface area (Å²) in [7, 11) is 0. The molecule has 0 saturated carbocycles. The molecule has 0 aliphatic heterocycles. The minimum atomic E-state index is 0.331. The first-order valence-electron chi connectivity index (χ1n) is 12.5. The highest BCUT2D eigenvalue weighted by Crippen LogP contribution is 2.37. The van der Waals surface area contributed by atoms with Crippen LogP contribution in [0.3, 0.4) is 0 Å². The van der Waals surface area contributed by atoms with Crippen LogP contribution in [0.1, 0.15) is 27.8 Å². The second-order valence-electron chi connectivity index (χ2n) is 9.06. The van der Waals surface area contributed by atoms with Gasteiger partial charge in [0.1, 0.15) is 24.3 Å². The number of rotatable bonds is 5. The first-order chi connectivity index (χ1) is 20.1. The van der Waals surface area contributed by atoms with Gasteiger partial charge in [-0.3, -0.25) is 0 Å². The normalized spacial score (nSPS) is 9.83. The van der Waals surface area contributed by atoms with Gasteiger partial charge in [-0.2, -0.15) is 26.3 Å². The standard InChI is InChI=1S/C35H18N6/c36-19-24-1-11-33(12-2-24)41(34-13-7-25(8-14-34)27-3-5-29(20-37)31(17-27)22-39)35-15-9-26(10-16-35)28-4-6-30(21-38)32(18-28)23-40/h1-18H. The summed E-state index contributed by atoms with van der Waals surface area (Å²) in [5.41, 5.74) is 7.99. The molecule has 5 rings (SSSR count). The number of hydrogen-bond donors (Lipinski definition) is 0. The summed E-state index contributed by atoms with van der Waals surface area (Å²) in [5.74, 6) is 0. The predicted molar refractivity (Wildman–Crippen MR) is 156 cm³/mol. The fourth-order valence-corrected chi connectivity index (χ4v) is 4.57. The molecule has 0 aliphatic rings. The Hall–Kier alpha value is -6.65. The molecule has 6 nitrogen and oxygen atoms in total. The SMILES string of the molecule is N#Cc1ccc(N(c2ccc(-c3ccc(C#N)c(C#N)c3)cc2)c2ccc(-c3ccc(C#N)c(C#N)c3)cc2)cc1. The van der Waals surface area contributed by atoms with Crippen molar-refractivity contribution in [2.24, 2.45) is 0 Å². The van der Waals surface area contributed by atoms with Crippen LogP contribution in [0, 0.1) is 56.7 Å². The largest absolute Gasteiger partial charge is 0.311 e. The third-order valence-electron chi connectivity index (χ3n) is 6.69. The highest BCUT2D eigenvalue weighted by Gasteiger charge is 2.14. The molecule has 0 saturated heterocycles. The van der Waals surface area contributed by atoms with E-state index in [1.54, 1.807) is 36.4 Å². The summed E-state index contributed by atoms with van der Waals surface area (Å²) in [4.78, 5) is 2.06. The van der Waals surface area contributed by atoms with E-state index in [1.807, 2.05) is 84.9 Å². The van der Waals surface area contributed by atoms with E-state index in [0.29, 0.717) is 27.8 Å². The van der Waals surface area contributed by atoms with E-state index in [0.717, 1.165) is 39.3 Å². The molecule has 0 heterocycles. The fourth-order valence-electron chi connectivity index (χ4n) is 4.57. The molecule has 5 aromatic rings. The molecule has 0 radical (unpaired) electrons. The Kier molecular flexibility index (Phi) is 7.22. The average molecular weight is 523 g/mol. The van der Waals surface area contributed by atoms with E-state index in [9.17, 15) is 26.3 Å². The lowest BCUT2D eigenvalue weighted by molar-refractivity contribution is 1.28. The topological polar surface area (TPSA) is 122 Å². The summed E-state index contributed by atoms with van der Waals surface area (Å²) in [6.45, 7) is 0. The Morgan fingerprint density at radius 2 is 0.683 bits per heavy atom. The maximum Gasteiger partial charge on any atom is 0.101 e. The molecule has 0 atom stereocenters. The van der Waals surface area contributed by atoms with E-state index in [-0.39, 0.29) is 0 Å². The third kappa shape index (κ3) is 5.21. The van der Waals surface area contributed by atoms with Crippen LogP contribution >= 0.6 is 0 Å². The Bertz CT molecular complexity index is 1850. The van der Waals surface area contributed by atoms with Gasteiger partial charge in [0.25, 0.3) is 0 Å². The van der Waals surface area contributed by atoms with Crippen LogP contribution in [0.25, 0.3) is 22.3 Å². The van der Waals surface area contributed by atoms with Crippen molar-refractivity contribution >= 4 is 17.1 Å². The van der Waals surface area contributed by atoms with Gasteiger partial charge in [-0.15, -0.1) is 0 Å². The van der Waals surface area contributed by atoms with Crippen LogP contribution in [0.15, 0.2) is 109 Å². The molecular weight excluding hydrogens is 504 g/mol. The maximum atomic E-state index is 9.41. The van der Waals surface area contributed by atoms with Gasteiger partial charge in [0.2, 0.25) is 0 Å². The number of hydrogen-bond acceptors (Lipinski definition) is 6. The van der Waals surface area contributed by atoms with Crippen molar-refractivity contribution in [2.75, 3.05) is 4.90 Å². The van der Waals surface area contributed by atoms with Gasteiger partial charge in [0.15, 0.2) is 0 Å². The van der Waals surface area contributed by atoms with E-state index in [1.165, 1.54) is 0 Å². The van der Waals surface area contributed by atoms with Crippen molar-refractivity contribution in [3.63, 3.8) is 0 Å². The van der Waals surface area contributed by atoms with Crippen LogP contribution in [0.5, 0.6) is 0 Å². The van der Waals surface area contributed by atoms with Crippen LogP contribution in [-0.2, 0) is 0 Å². The Labute approximate surface area is 237 Å². The van der Waals surface area contributed by atoms with Crippen LogP contribution in [0.4, 0.5) is 17.1 Å². The molecule has 0 unspecified atom stereocenters. The van der Waals surface area contributed by atoms with Crippen LogP contribution < -0.4 is 4.90 Å². The Morgan fingerprint density at radius 1 is 0.341 bits per heavy atom. The minimum absolute atomic E-state index is 0.331. The van der Waals surface area contributed by atoms with Crippen molar-refractivity contribution < 1.29 is 0 Å². The lowest BCUT2D eigenvalue weighted by Gasteiger charge is -2.26. The van der Waals surface area contributed by atoms with Gasteiger partial charge in [-0.1, -0.05) is 36.4 Å². The van der Waals surface area contributed by atoms with Gasteiger partial charge < -0.3 is 4.90 Å². The molecule has 0 N–H and O–H groups in total. The second-order valence-corrected chi connectivity index (χ2v) is 9.06. The summed E-state index contributed by atoms with van der Waals surface area (Å²) >= 11 is 0. The molecule has 41 heavy (non-hydrogen) atoms. The predicted octanol–water partition coefficient (Wildman–Crippen LogP) is 7.85. The van der Waals surface area contributed by atoms with Gasteiger partial charge in [-0.25, -0.2) is 0 Å². The number of nitriles is 5. The quantitative estimate of drug-likeness (QED) is 0.232. The highest BCUT2D eigenvalue weighted by atomic mass is 15.1. The molecule has 6 heteroatoms. The first kappa shape index (κ1) is 26.0. The summed E-state index contributed by atoms with van der Waals surface area (Å²) < 4.78 is 0. The number of anilines is 3. The van der Waals surface area contributed by atoms with Crippen molar-refractivity contribution in [2.45, 2.75) is 0 Å². The van der Waals surface area contributed by atoms with Gasteiger partial charge in [0.05, 0.1) is 33.9 Å². The molecule has 0 fully saturated rings. The van der Waals surface area contributed by atoms with Gasteiger partial charge in [-0.05, 0) is 95.1 Å². The minimum Gasteiger partial charge on any atom is -0.311 e. The summed E-state index contributed by atoms with van der Waals surface area (Å²) in [6, 6.07) is 43.9. The number of benzene rings is 5. The Balaban J connectivity index is 1.53. The first-order valence-corrected chi connectivity index (χ1v) is 12.5. The molecule has 0 amide bonds. The van der Waals surface area contributed by atoms with Gasteiger partial charge in [0, 0.05) is 17.1 Å². The van der Waals surface area contributed by atoms with Crippen molar-refractivity contribution in [3.05, 3.63) is 137 Å². The monoisotopic (exact) mass is 522 g/mol. The van der Waals surface area contributed by atoms with E-state index >= 15 is 0 Å². The van der Waals surface area contributed by atoms with E-state index in [4.69, 9.17) is 0 Å². The third-order valence-corrected chi connectivity index (χ3v) is 6.69. The van der Waals surface area contributed by atoms with Crippen LogP contribution in [0.2, 0.25) is 0 Å². The number of nitrogens with zero attached hydrogens (tertiary/aromatic N) is 6. The fraction of sp³-hybridized carbons (Fsp3) is 0. The summed E-state index contributed by atoms with van der Waals surface area (Å²) in [5, 5.41) is 46.6. The smallest absolute Gasteiger partial charge is 0.101 e. The Morgan fingerprint density at radius 3 is 1.02 bits per heavy atom. The summed E-state index contributed by atoms with van der Waals surface area (Å²) in [6.07, 6.45) is 0. The average Bonchev–Trinajstić information content (AvgIpc) is 3.05. The molecule has 0 aromatic heterocycles. The molecule has 5 aromatic carbocycles. The van der Waals surface area contributed by atoms with Gasteiger partial charge >= 0.3 is 0 Å². The zero-order valence-electron chi connectivity index (χ0n) is 21.6. The van der Waals surface area contributed by atoms with Crippen molar-refractivity contribution in [3.8, 4) is 52.6 Å². The highest BCUT2D eigenvalue weighted by molar-refractivity contribution is 5.80. The maximum absolute atomic E-state index is 9.41. The molecule has 0 aliphatic carbocycles. The lowest BCUT2D eigenvalue weighted by Crippen LogP contribution is -2.09. The van der Waals surface area contributed by atoms with E-state index < -0.39 is 0 Å². The second kappa shape index (κ2) is 11.4. The molecule has 0 bridgehead atoms. The lowest BCUT2D eigenvalue weighted by atomic mass is 9.99. The van der Waals surface area contributed by atoms with Crippen molar-refractivity contribution in [1.82, 2.24) is 0 Å². The van der Waals surface area contributed by atoms with Crippen LogP contribution in [-0.4, -0.2) is 0 Å². The molecule has 0 spiro atoms. The van der Waals surface area contributed by atoms with E-state index in [2.05, 4.69) is 23.1 Å². The zero-order chi connectivity index (χ0) is 28.8. The van der Waals surface area contributed by atoms with Crippen molar-refractivity contribution in [1.29, 1.82) is 26.3 Å². The zero-order valence-corrected chi connectivity index (χ0v) is 21.6. The molecule has 188 valence electrons. The molecular formula is C35H18N6.